The monoisotopic (exact) mass is 385 g/mol. The molecule has 0 saturated heterocycles. The molecule has 148 valence electrons. The molecule has 0 bridgehead atoms. The van der Waals surface area contributed by atoms with Gasteiger partial charge in [-0.05, 0) is 37.1 Å². The number of hydrogen-bond donors (Lipinski definition) is 3. The Morgan fingerprint density at radius 3 is 2.71 bits per heavy atom. The summed E-state index contributed by atoms with van der Waals surface area (Å²) in [5.41, 5.74) is 2.29. The van der Waals surface area contributed by atoms with Crippen LogP contribution in [0.5, 0.6) is 0 Å². The third-order valence-corrected chi connectivity index (χ3v) is 5.67. The van der Waals surface area contributed by atoms with Crippen molar-refractivity contribution in [3.63, 3.8) is 0 Å². The molecule has 8 heteroatoms. The van der Waals surface area contributed by atoms with Crippen LogP contribution in [0.4, 0.5) is 10.1 Å². The first kappa shape index (κ1) is 18.6. The first-order valence-electron chi connectivity index (χ1n) is 9.58. The number of halogens is 1. The molecular formula is C20H24FN5O2. The largest absolute Gasteiger partial charge is 0.348 e. The zero-order chi connectivity index (χ0) is 19.7. The van der Waals surface area contributed by atoms with E-state index in [1.165, 1.54) is 29.2 Å². The number of nitrogens with zero attached hydrogens (tertiary/aromatic N) is 2. The maximum Gasteiger partial charge on any atom is 0.243 e. The number of rotatable bonds is 4. The quantitative estimate of drug-likeness (QED) is 0.750. The summed E-state index contributed by atoms with van der Waals surface area (Å²) in [5.74, 6) is -0.815. The van der Waals surface area contributed by atoms with Gasteiger partial charge in [-0.1, -0.05) is 12.8 Å². The second kappa shape index (κ2) is 7.35. The fourth-order valence-corrected chi connectivity index (χ4v) is 4.35. The van der Waals surface area contributed by atoms with Crippen LogP contribution in [0, 0.1) is 5.82 Å². The summed E-state index contributed by atoms with van der Waals surface area (Å²) < 4.78 is 13.0. The number of carbonyl (C=O) groups is 2. The first-order chi connectivity index (χ1) is 13.5. The van der Waals surface area contributed by atoms with Gasteiger partial charge in [0.15, 0.2) is 0 Å². The maximum atomic E-state index is 13.0. The highest BCUT2D eigenvalue weighted by Crippen LogP contribution is 2.42. The Morgan fingerprint density at radius 2 is 2.00 bits per heavy atom. The van der Waals surface area contributed by atoms with Gasteiger partial charge < -0.3 is 15.2 Å². The van der Waals surface area contributed by atoms with Crippen LogP contribution < -0.4 is 10.6 Å². The van der Waals surface area contributed by atoms with E-state index in [-0.39, 0.29) is 29.7 Å². The molecule has 28 heavy (non-hydrogen) atoms. The minimum absolute atomic E-state index is 0.0722. The Kier molecular flexibility index (Phi) is 4.89. The number of imidazole rings is 1. The van der Waals surface area contributed by atoms with Crippen molar-refractivity contribution in [2.75, 3.05) is 18.9 Å². The number of amides is 2. The van der Waals surface area contributed by atoms with Crippen LogP contribution in [-0.4, -0.2) is 46.3 Å². The third kappa shape index (κ3) is 3.52. The molecule has 2 aliphatic rings. The summed E-state index contributed by atoms with van der Waals surface area (Å²) >= 11 is 0. The average molecular weight is 385 g/mol. The first-order valence-corrected chi connectivity index (χ1v) is 9.58. The van der Waals surface area contributed by atoms with Gasteiger partial charge in [0.05, 0.1) is 30.1 Å². The Balaban J connectivity index is 1.41. The van der Waals surface area contributed by atoms with E-state index >= 15 is 0 Å². The molecule has 2 aromatic rings. The van der Waals surface area contributed by atoms with Gasteiger partial charge in [-0.2, -0.15) is 0 Å². The molecule has 7 nitrogen and oxygen atoms in total. The average Bonchev–Trinajstić information content (AvgIpc) is 3.33. The van der Waals surface area contributed by atoms with Crippen molar-refractivity contribution in [3.05, 3.63) is 47.8 Å². The van der Waals surface area contributed by atoms with E-state index in [4.69, 9.17) is 0 Å². The number of likely N-dealkylation sites (N-methyl/N-ethyl adjacent to an activating group) is 1. The topological polar surface area (TPSA) is 90.1 Å². The second-order valence-corrected chi connectivity index (χ2v) is 7.67. The summed E-state index contributed by atoms with van der Waals surface area (Å²) in [6.45, 7) is -0.0722. The SMILES string of the molecule is CN(CC(=O)Nc1ccc(F)cc1)C(=O)[C@@H]1Cc2[nH]cnc2C2(CCCC2)N1. The molecule has 1 aliphatic heterocycles. The van der Waals surface area contributed by atoms with Crippen LogP contribution in [0.15, 0.2) is 30.6 Å². The molecule has 1 spiro atoms. The zero-order valence-electron chi connectivity index (χ0n) is 15.8. The predicted octanol–water partition coefficient (Wildman–Crippen LogP) is 1.93. The standard InChI is InChI=1S/C20H24FN5O2/c1-26(11-17(27)24-14-6-4-13(21)5-7-14)19(28)16-10-15-18(23-12-22-15)20(25-16)8-2-3-9-20/h4-7,12,16,25H,2-3,8-11H2,1H3,(H,22,23)(H,24,27)/t16-/m0/s1. The number of benzene rings is 1. The lowest BCUT2D eigenvalue weighted by Gasteiger charge is -2.39. The van der Waals surface area contributed by atoms with Crippen molar-refractivity contribution in [2.24, 2.45) is 0 Å². The fourth-order valence-electron chi connectivity index (χ4n) is 4.35. The van der Waals surface area contributed by atoms with Crippen molar-refractivity contribution < 1.29 is 14.0 Å². The maximum absolute atomic E-state index is 13.0. The molecule has 3 N–H and O–H groups in total. The molecule has 1 aromatic heterocycles. The van der Waals surface area contributed by atoms with Gasteiger partial charge in [0.2, 0.25) is 11.8 Å². The lowest BCUT2D eigenvalue weighted by atomic mass is 9.84. The number of carbonyl (C=O) groups excluding carboxylic acids is 2. The van der Waals surface area contributed by atoms with E-state index in [0.29, 0.717) is 12.1 Å². The summed E-state index contributed by atoms with van der Waals surface area (Å²) in [4.78, 5) is 34.4. The molecule has 0 unspecified atom stereocenters. The van der Waals surface area contributed by atoms with Crippen molar-refractivity contribution >= 4 is 17.5 Å². The molecule has 1 aliphatic carbocycles. The molecule has 1 aromatic carbocycles. The van der Waals surface area contributed by atoms with E-state index in [0.717, 1.165) is 37.1 Å². The van der Waals surface area contributed by atoms with Gasteiger partial charge in [-0.3, -0.25) is 14.9 Å². The van der Waals surface area contributed by atoms with Crippen LogP contribution in [-0.2, 0) is 21.5 Å². The number of nitrogens with one attached hydrogen (secondary N) is 3. The molecule has 1 saturated carbocycles. The van der Waals surface area contributed by atoms with Crippen molar-refractivity contribution in [3.8, 4) is 0 Å². The van der Waals surface area contributed by atoms with Gasteiger partial charge >= 0.3 is 0 Å². The summed E-state index contributed by atoms with van der Waals surface area (Å²) in [5, 5.41) is 6.22. The minimum atomic E-state index is -0.394. The van der Waals surface area contributed by atoms with Gasteiger partial charge in [0.25, 0.3) is 0 Å². The predicted molar refractivity (Wildman–Crippen MR) is 102 cm³/mol. The lowest BCUT2D eigenvalue weighted by molar-refractivity contribution is -0.136. The van der Waals surface area contributed by atoms with E-state index in [2.05, 4.69) is 20.6 Å². The number of aromatic amines is 1. The second-order valence-electron chi connectivity index (χ2n) is 7.67. The zero-order valence-corrected chi connectivity index (χ0v) is 15.8. The smallest absolute Gasteiger partial charge is 0.243 e. The summed E-state index contributed by atoms with van der Waals surface area (Å²) in [6.07, 6.45) is 6.36. The van der Waals surface area contributed by atoms with Gasteiger partial charge in [-0.15, -0.1) is 0 Å². The van der Waals surface area contributed by atoms with Crippen molar-refractivity contribution in [1.82, 2.24) is 20.2 Å². The number of fused-ring (bicyclic) bond motifs is 2. The third-order valence-electron chi connectivity index (χ3n) is 5.67. The van der Waals surface area contributed by atoms with Crippen LogP contribution >= 0.6 is 0 Å². The van der Waals surface area contributed by atoms with Gasteiger partial charge in [0, 0.05) is 24.8 Å². The lowest BCUT2D eigenvalue weighted by Crippen LogP contribution is -2.58. The highest BCUT2D eigenvalue weighted by molar-refractivity contribution is 5.95. The molecule has 4 rings (SSSR count). The molecule has 1 atom stereocenters. The molecular weight excluding hydrogens is 361 g/mol. The highest BCUT2D eigenvalue weighted by atomic mass is 19.1. The van der Waals surface area contributed by atoms with Crippen molar-refractivity contribution in [1.29, 1.82) is 0 Å². The van der Waals surface area contributed by atoms with Crippen molar-refractivity contribution in [2.45, 2.75) is 43.7 Å². The molecule has 1 fully saturated rings. The number of anilines is 1. The van der Waals surface area contributed by atoms with E-state index in [1.807, 2.05) is 0 Å². The molecule has 2 heterocycles. The molecule has 0 radical (unpaired) electrons. The van der Waals surface area contributed by atoms with Crippen LogP contribution in [0.2, 0.25) is 0 Å². The number of hydrogen-bond acceptors (Lipinski definition) is 4. The highest BCUT2D eigenvalue weighted by Gasteiger charge is 2.46. The Morgan fingerprint density at radius 1 is 1.29 bits per heavy atom. The van der Waals surface area contributed by atoms with E-state index < -0.39 is 6.04 Å². The summed E-state index contributed by atoms with van der Waals surface area (Å²) in [7, 11) is 1.62. The van der Waals surface area contributed by atoms with Crippen LogP contribution in [0.1, 0.15) is 37.1 Å². The van der Waals surface area contributed by atoms with Gasteiger partial charge in [-0.25, -0.2) is 9.37 Å². The fraction of sp³-hybridized carbons (Fsp3) is 0.450. The number of aromatic nitrogens is 2. The van der Waals surface area contributed by atoms with E-state index in [1.54, 1.807) is 13.4 Å². The normalized spacial score (nSPS) is 20.0. The minimum Gasteiger partial charge on any atom is -0.348 e. The van der Waals surface area contributed by atoms with Crippen LogP contribution in [0.3, 0.4) is 0 Å². The van der Waals surface area contributed by atoms with E-state index in [9.17, 15) is 14.0 Å². The Labute approximate surface area is 162 Å². The van der Waals surface area contributed by atoms with Crippen LogP contribution in [0.25, 0.3) is 0 Å². The molecule has 2 amide bonds. The summed E-state index contributed by atoms with van der Waals surface area (Å²) in [6, 6.07) is 5.14. The number of H-pyrrole nitrogens is 1. The Bertz CT molecular complexity index is 873. The van der Waals surface area contributed by atoms with Gasteiger partial charge in [0.1, 0.15) is 5.82 Å². The Hall–Kier alpha value is -2.74.